The van der Waals surface area contributed by atoms with Crippen LogP contribution in [0.25, 0.3) is 0 Å². The van der Waals surface area contributed by atoms with Crippen LogP contribution < -0.4 is 14.8 Å². The summed E-state index contributed by atoms with van der Waals surface area (Å²) in [5, 5.41) is 2.93. The van der Waals surface area contributed by atoms with E-state index in [1.54, 1.807) is 7.11 Å². The molecule has 1 amide bonds. The lowest BCUT2D eigenvalue weighted by molar-refractivity contribution is 0.0954. The first-order valence-corrected chi connectivity index (χ1v) is 11.6. The summed E-state index contributed by atoms with van der Waals surface area (Å²) in [6, 6.07) is 14.5. The van der Waals surface area contributed by atoms with E-state index in [0.717, 1.165) is 41.1 Å². The number of anilines is 1. The van der Waals surface area contributed by atoms with Crippen LogP contribution in [0.4, 0.5) is 10.1 Å². The number of aryl methyl sites for hydroxylation is 1. The fourth-order valence-electron chi connectivity index (χ4n) is 3.08. The van der Waals surface area contributed by atoms with Crippen molar-refractivity contribution in [2.24, 2.45) is 0 Å². The van der Waals surface area contributed by atoms with Gasteiger partial charge in [0, 0.05) is 12.1 Å². The average Bonchev–Trinajstić information content (AvgIpc) is 2.75. The molecule has 0 aliphatic rings. The largest absolute Gasteiger partial charge is 0.496 e. The Balaban J connectivity index is 1.70. The smallest absolute Gasteiger partial charge is 0.261 e. The van der Waals surface area contributed by atoms with Gasteiger partial charge in [0.15, 0.2) is 0 Å². The molecule has 0 bridgehead atoms. The second-order valence-corrected chi connectivity index (χ2v) is 9.16. The van der Waals surface area contributed by atoms with Gasteiger partial charge >= 0.3 is 0 Å². The highest BCUT2D eigenvalue weighted by Crippen LogP contribution is 2.26. The molecule has 0 saturated carbocycles. The van der Waals surface area contributed by atoms with Crippen LogP contribution in [0.1, 0.15) is 21.5 Å². The van der Waals surface area contributed by atoms with Crippen LogP contribution in [-0.4, -0.2) is 28.0 Å². The van der Waals surface area contributed by atoms with Crippen LogP contribution in [0.2, 0.25) is 5.02 Å². The predicted molar refractivity (Wildman–Crippen MR) is 122 cm³/mol. The molecule has 0 aromatic heterocycles. The molecule has 0 heterocycles. The van der Waals surface area contributed by atoms with Crippen molar-refractivity contribution in [1.29, 1.82) is 0 Å². The first kappa shape index (κ1) is 23.6. The number of nitrogens with one attached hydrogen (secondary N) is 2. The van der Waals surface area contributed by atoms with Crippen molar-refractivity contribution in [3.8, 4) is 5.75 Å². The summed E-state index contributed by atoms with van der Waals surface area (Å²) in [4.78, 5) is 12.5. The van der Waals surface area contributed by atoms with Crippen LogP contribution in [-0.2, 0) is 16.4 Å². The van der Waals surface area contributed by atoms with E-state index in [1.807, 2.05) is 25.1 Å². The van der Waals surface area contributed by atoms with Gasteiger partial charge in [-0.2, -0.15) is 0 Å². The average molecular weight is 477 g/mol. The molecule has 9 heteroatoms. The van der Waals surface area contributed by atoms with Crippen molar-refractivity contribution in [1.82, 2.24) is 5.32 Å². The number of hydrogen-bond donors (Lipinski definition) is 2. The molecule has 32 heavy (non-hydrogen) atoms. The summed E-state index contributed by atoms with van der Waals surface area (Å²) in [7, 11) is -2.41. The van der Waals surface area contributed by atoms with E-state index >= 15 is 0 Å². The van der Waals surface area contributed by atoms with Gasteiger partial charge in [-0.15, -0.1) is 0 Å². The third kappa shape index (κ3) is 5.77. The van der Waals surface area contributed by atoms with Crippen LogP contribution in [0.3, 0.4) is 0 Å². The lowest BCUT2D eigenvalue weighted by atomic mass is 10.1. The van der Waals surface area contributed by atoms with Gasteiger partial charge in [0.2, 0.25) is 0 Å². The Morgan fingerprint density at radius 2 is 1.78 bits per heavy atom. The van der Waals surface area contributed by atoms with Crippen LogP contribution in [0.15, 0.2) is 65.6 Å². The lowest BCUT2D eigenvalue weighted by Crippen LogP contribution is -2.26. The second kappa shape index (κ2) is 10.0. The molecule has 0 aliphatic carbocycles. The zero-order valence-electron chi connectivity index (χ0n) is 17.5. The van der Waals surface area contributed by atoms with Crippen LogP contribution in [0, 0.1) is 12.7 Å². The highest BCUT2D eigenvalue weighted by atomic mass is 35.5. The Kier molecular flexibility index (Phi) is 7.37. The molecule has 0 spiro atoms. The van der Waals surface area contributed by atoms with E-state index in [1.165, 1.54) is 18.2 Å². The third-order valence-corrected chi connectivity index (χ3v) is 6.42. The van der Waals surface area contributed by atoms with E-state index in [4.69, 9.17) is 16.3 Å². The summed E-state index contributed by atoms with van der Waals surface area (Å²) >= 11 is 6.12. The first-order valence-electron chi connectivity index (χ1n) is 9.69. The van der Waals surface area contributed by atoms with Crippen molar-refractivity contribution >= 4 is 33.2 Å². The van der Waals surface area contributed by atoms with E-state index in [-0.39, 0.29) is 27.1 Å². The number of rotatable bonds is 8. The molecule has 6 nitrogen and oxygen atoms in total. The minimum Gasteiger partial charge on any atom is -0.496 e. The number of ether oxygens (including phenoxy) is 1. The van der Waals surface area contributed by atoms with Gasteiger partial charge in [-0.25, -0.2) is 12.8 Å². The van der Waals surface area contributed by atoms with Gasteiger partial charge in [0.1, 0.15) is 11.6 Å². The number of benzene rings is 3. The number of methoxy groups -OCH3 is 1. The molecule has 3 rings (SSSR count). The van der Waals surface area contributed by atoms with Gasteiger partial charge in [-0.05, 0) is 67.4 Å². The molecular weight excluding hydrogens is 455 g/mol. The predicted octanol–water partition coefficient (Wildman–Crippen LogP) is 4.57. The molecule has 0 unspecified atom stereocenters. The molecule has 2 N–H and O–H groups in total. The molecule has 3 aromatic carbocycles. The van der Waals surface area contributed by atoms with Crippen molar-refractivity contribution < 1.29 is 22.3 Å². The fourth-order valence-corrected chi connectivity index (χ4v) is 4.37. The number of sulfonamides is 1. The maximum absolute atomic E-state index is 13.1. The number of hydrogen-bond acceptors (Lipinski definition) is 4. The molecule has 0 fully saturated rings. The summed E-state index contributed by atoms with van der Waals surface area (Å²) in [6.07, 6.45) is 0.564. The van der Waals surface area contributed by atoms with Crippen molar-refractivity contribution in [3.63, 3.8) is 0 Å². The van der Waals surface area contributed by atoms with Crippen LogP contribution in [0.5, 0.6) is 5.75 Å². The number of amides is 1. The van der Waals surface area contributed by atoms with Crippen molar-refractivity contribution in [2.75, 3.05) is 18.4 Å². The van der Waals surface area contributed by atoms with E-state index in [0.29, 0.717) is 13.0 Å². The Hall–Kier alpha value is -3.10. The maximum Gasteiger partial charge on any atom is 0.261 e. The van der Waals surface area contributed by atoms with Gasteiger partial charge in [-0.1, -0.05) is 29.3 Å². The Morgan fingerprint density at radius 1 is 1.06 bits per heavy atom. The van der Waals surface area contributed by atoms with Gasteiger partial charge < -0.3 is 10.1 Å². The third-order valence-electron chi connectivity index (χ3n) is 4.71. The minimum atomic E-state index is -4.01. The van der Waals surface area contributed by atoms with Gasteiger partial charge in [0.25, 0.3) is 15.9 Å². The summed E-state index contributed by atoms with van der Waals surface area (Å²) in [6.45, 7) is 2.33. The van der Waals surface area contributed by atoms with Crippen molar-refractivity contribution in [3.05, 3.63) is 88.2 Å². The quantitative estimate of drug-likeness (QED) is 0.498. The molecule has 3 aromatic rings. The topological polar surface area (TPSA) is 84.5 Å². The molecule has 0 atom stereocenters. The van der Waals surface area contributed by atoms with E-state index in [2.05, 4.69) is 10.0 Å². The SMILES string of the molecule is COc1ccc(C)cc1CCNC(=O)c1ccc(Cl)c(NS(=O)(=O)c2ccc(F)cc2)c1. The first-order chi connectivity index (χ1) is 15.2. The highest BCUT2D eigenvalue weighted by Gasteiger charge is 2.17. The van der Waals surface area contributed by atoms with Crippen molar-refractivity contribution in [2.45, 2.75) is 18.2 Å². The lowest BCUT2D eigenvalue weighted by Gasteiger charge is -2.12. The number of halogens is 2. The standard InChI is InChI=1S/C23H22ClFN2O4S/c1-15-3-10-22(31-2)16(13-15)11-12-26-23(28)17-4-9-20(24)21(14-17)27-32(29,30)19-7-5-18(25)6-8-19/h3-10,13-14,27H,11-12H2,1-2H3,(H,26,28). The molecular formula is C23H22ClFN2O4S. The van der Waals surface area contributed by atoms with E-state index in [9.17, 15) is 17.6 Å². The Morgan fingerprint density at radius 3 is 2.47 bits per heavy atom. The zero-order valence-corrected chi connectivity index (χ0v) is 19.1. The Labute approximate surface area is 191 Å². The van der Waals surface area contributed by atoms with Gasteiger partial charge in [0.05, 0.1) is 22.7 Å². The molecule has 0 radical (unpaired) electrons. The fraction of sp³-hybridized carbons (Fsp3) is 0.174. The molecule has 0 aliphatic heterocycles. The molecule has 0 saturated heterocycles. The summed E-state index contributed by atoms with van der Waals surface area (Å²) < 4.78 is 45.9. The summed E-state index contributed by atoms with van der Waals surface area (Å²) in [5.41, 5.74) is 2.34. The summed E-state index contributed by atoms with van der Waals surface area (Å²) in [5.74, 6) is -0.187. The monoisotopic (exact) mass is 476 g/mol. The Bertz CT molecular complexity index is 1230. The normalized spacial score (nSPS) is 11.1. The van der Waals surface area contributed by atoms with E-state index < -0.39 is 15.8 Å². The zero-order chi connectivity index (χ0) is 23.3. The highest BCUT2D eigenvalue weighted by molar-refractivity contribution is 7.92. The maximum atomic E-state index is 13.1. The molecule has 168 valence electrons. The second-order valence-electron chi connectivity index (χ2n) is 7.08. The number of carbonyl (C=O) groups is 1. The number of carbonyl (C=O) groups excluding carboxylic acids is 1. The van der Waals surface area contributed by atoms with Gasteiger partial charge in [-0.3, -0.25) is 9.52 Å². The minimum absolute atomic E-state index is 0.0454. The van der Waals surface area contributed by atoms with Crippen LogP contribution >= 0.6 is 11.6 Å².